The van der Waals surface area contributed by atoms with Gasteiger partial charge in [0.2, 0.25) is 0 Å². The topological polar surface area (TPSA) is 84.2 Å². The molecule has 1 amide bonds. The lowest BCUT2D eigenvalue weighted by molar-refractivity contribution is 0.0977. The molecule has 0 atom stereocenters. The summed E-state index contributed by atoms with van der Waals surface area (Å²) in [7, 11) is 0. The zero-order chi connectivity index (χ0) is 12.5. The van der Waals surface area contributed by atoms with E-state index in [1.165, 1.54) is 6.20 Å². The largest absolute Gasteiger partial charge is 0.490 e. The zero-order valence-corrected chi connectivity index (χ0v) is 9.59. The highest BCUT2D eigenvalue weighted by atomic mass is 16.5. The molecule has 0 bridgehead atoms. The minimum Gasteiger partial charge on any atom is -0.490 e. The van der Waals surface area contributed by atoms with Gasteiger partial charge in [0, 0.05) is 0 Å². The molecule has 3 N–H and O–H groups in total. The molecule has 6 nitrogen and oxygen atoms in total. The van der Waals surface area contributed by atoms with Crippen molar-refractivity contribution >= 4 is 17.4 Å². The van der Waals surface area contributed by atoms with Crippen molar-refractivity contribution in [3.05, 3.63) is 36.0 Å². The van der Waals surface area contributed by atoms with Gasteiger partial charge in [-0.05, 0) is 12.1 Å². The van der Waals surface area contributed by atoms with Gasteiger partial charge in [-0.15, -0.1) is 0 Å². The molecule has 0 unspecified atom stereocenters. The fraction of sp³-hybridized carbons (Fsp3) is 0.167. The number of nitrogens with one attached hydrogen (secondary N) is 1. The molecule has 3 rings (SSSR count). The van der Waals surface area contributed by atoms with Crippen LogP contribution >= 0.6 is 0 Å². The second-order valence-electron chi connectivity index (χ2n) is 3.97. The molecule has 1 aliphatic rings. The SMILES string of the molecule is Nc1[nH]ncc1C(=O)N1CCOc2ccccc21. The van der Waals surface area contributed by atoms with Gasteiger partial charge in [-0.3, -0.25) is 9.89 Å². The lowest BCUT2D eigenvalue weighted by Crippen LogP contribution is -2.38. The summed E-state index contributed by atoms with van der Waals surface area (Å²) in [6, 6.07) is 7.43. The lowest BCUT2D eigenvalue weighted by Gasteiger charge is -2.29. The highest BCUT2D eigenvalue weighted by molar-refractivity contribution is 6.09. The average Bonchev–Trinajstić information content (AvgIpc) is 2.83. The standard InChI is InChI=1S/C12H12N4O2/c13-11-8(7-14-15-11)12(17)16-5-6-18-10-4-2-1-3-9(10)16/h1-4,7H,5-6H2,(H3,13,14,15). The Balaban J connectivity index is 2.00. The summed E-state index contributed by atoms with van der Waals surface area (Å²) in [4.78, 5) is 14.0. The van der Waals surface area contributed by atoms with Crippen molar-refractivity contribution in [2.45, 2.75) is 0 Å². The average molecular weight is 244 g/mol. The second-order valence-corrected chi connectivity index (χ2v) is 3.97. The van der Waals surface area contributed by atoms with E-state index in [1.54, 1.807) is 4.90 Å². The molecule has 0 radical (unpaired) electrons. The predicted molar refractivity (Wildman–Crippen MR) is 66.6 cm³/mol. The van der Waals surface area contributed by atoms with E-state index >= 15 is 0 Å². The van der Waals surface area contributed by atoms with E-state index in [4.69, 9.17) is 10.5 Å². The Kier molecular flexibility index (Phi) is 2.40. The van der Waals surface area contributed by atoms with Gasteiger partial charge in [0.05, 0.1) is 18.4 Å². The number of carbonyl (C=O) groups excluding carboxylic acids is 1. The first-order valence-electron chi connectivity index (χ1n) is 5.60. The molecule has 0 saturated heterocycles. The fourth-order valence-electron chi connectivity index (χ4n) is 1.99. The highest BCUT2D eigenvalue weighted by Crippen LogP contribution is 2.32. The van der Waals surface area contributed by atoms with Crippen LogP contribution in [0.2, 0.25) is 0 Å². The lowest BCUT2D eigenvalue weighted by atomic mass is 10.2. The van der Waals surface area contributed by atoms with E-state index in [1.807, 2.05) is 24.3 Å². The monoisotopic (exact) mass is 244 g/mol. The number of nitrogens with two attached hydrogens (primary N) is 1. The number of carbonyl (C=O) groups is 1. The molecule has 1 aliphatic heterocycles. The van der Waals surface area contributed by atoms with Crippen molar-refractivity contribution < 1.29 is 9.53 Å². The number of amides is 1. The van der Waals surface area contributed by atoms with E-state index in [9.17, 15) is 4.79 Å². The van der Waals surface area contributed by atoms with Gasteiger partial charge in [0.25, 0.3) is 5.91 Å². The third kappa shape index (κ3) is 1.58. The number of aromatic nitrogens is 2. The maximum absolute atomic E-state index is 12.4. The Morgan fingerprint density at radius 2 is 2.28 bits per heavy atom. The molecular formula is C12H12N4O2. The summed E-state index contributed by atoms with van der Waals surface area (Å²) < 4.78 is 5.50. The Morgan fingerprint density at radius 1 is 1.44 bits per heavy atom. The van der Waals surface area contributed by atoms with Crippen molar-refractivity contribution in [1.29, 1.82) is 0 Å². The van der Waals surface area contributed by atoms with Crippen LogP contribution in [0.15, 0.2) is 30.5 Å². The summed E-state index contributed by atoms with van der Waals surface area (Å²) in [6.07, 6.45) is 1.44. The summed E-state index contributed by atoms with van der Waals surface area (Å²) >= 11 is 0. The smallest absolute Gasteiger partial charge is 0.263 e. The molecule has 1 aromatic carbocycles. The van der Waals surface area contributed by atoms with Gasteiger partial charge in [0.1, 0.15) is 23.7 Å². The summed E-state index contributed by atoms with van der Waals surface area (Å²) in [5.74, 6) is 0.820. The number of rotatable bonds is 1. The maximum Gasteiger partial charge on any atom is 0.263 e. The number of aromatic amines is 1. The number of nitrogens with zero attached hydrogens (tertiary/aromatic N) is 2. The van der Waals surface area contributed by atoms with Gasteiger partial charge >= 0.3 is 0 Å². The predicted octanol–water partition coefficient (Wildman–Crippen LogP) is 1.03. The molecule has 0 spiro atoms. The van der Waals surface area contributed by atoms with Crippen molar-refractivity contribution in [2.75, 3.05) is 23.8 Å². The fourth-order valence-corrected chi connectivity index (χ4v) is 1.99. The second kappa shape index (κ2) is 4.06. The van der Waals surface area contributed by atoms with Crippen LogP contribution < -0.4 is 15.4 Å². The first-order valence-corrected chi connectivity index (χ1v) is 5.60. The molecule has 92 valence electrons. The quantitative estimate of drug-likeness (QED) is 0.784. The first kappa shape index (κ1) is 10.6. The molecule has 0 fully saturated rings. The molecule has 6 heteroatoms. The number of nitrogen functional groups attached to an aromatic ring is 1. The first-order chi connectivity index (χ1) is 8.77. The molecule has 0 saturated carbocycles. The van der Waals surface area contributed by atoms with Gasteiger partial charge < -0.3 is 15.4 Å². The van der Waals surface area contributed by atoms with Crippen LogP contribution in [0, 0.1) is 0 Å². The number of hydrogen-bond acceptors (Lipinski definition) is 4. The maximum atomic E-state index is 12.4. The number of hydrogen-bond donors (Lipinski definition) is 2. The van der Waals surface area contributed by atoms with Gasteiger partial charge in [-0.2, -0.15) is 5.10 Å². The zero-order valence-electron chi connectivity index (χ0n) is 9.59. The van der Waals surface area contributed by atoms with Gasteiger partial charge in [-0.25, -0.2) is 0 Å². The third-order valence-electron chi connectivity index (χ3n) is 2.87. The molecule has 18 heavy (non-hydrogen) atoms. The molecule has 0 aliphatic carbocycles. The van der Waals surface area contributed by atoms with Crippen molar-refractivity contribution in [3.63, 3.8) is 0 Å². The highest BCUT2D eigenvalue weighted by Gasteiger charge is 2.26. The number of ether oxygens (including phenoxy) is 1. The van der Waals surface area contributed by atoms with Gasteiger partial charge in [-0.1, -0.05) is 12.1 Å². The van der Waals surface area contributed by atoms with Crippen molar-refractivity contribution in [3.8, 4) is 5.75 Å². The summed E-state index contributed by atoms with van der Waals surface area (Å²) in [5, 5.41) is 6.33. The van der Waals surface area contributed by atoms with Crippen molar-refractivity contribution in [1.82, 2.24) is 10.2 Å². The Morgan fingerprint density at radius 3 is 3.06 bits per heavy atom. The number of benzene rings is 1. The van der Waals surface area contributed by atoms with Crippen LogP contribution in [0.25, 0.3) is 0 Å². The molecule has 2 heterocycles. The normalized spacial score (nSPS) is 13.9. The van der Waals surface area contributed by atoms with E-state index in [-0.39, 0.29) is 11.7 Å². The third-order valence-corrected chi connectivity index (χ3v) is 2.87. The minimum absolute atomic E-state index is 0.169. The molecule has 2 aromatic rings. The van der Waals surface area contributed by atoms with Crippen molar-refractivity contribution in [2.24, 2.45) is 0 Å². The van der Waals surface area contributed by atoms with E-state index < -0.39 is 0 Å². The van der Waals surface area contributed by atoms with Crippen LogP contribution in [-0.2, 0) is 0 Å². The summed E-state index contributed by atoms with van der Waals surface area (Å²) in [6.45, 7) is 0.973. The molecular weight excluding hydrogens is 232 g/mol. The minimum atomic E-state index is -0.169. The number of para-hydroxylation sites is 2. The number of anilines is 2. The Bertz CT molecular complexity index is 593. The van der Waals surface area contributed by atoms with Crippen LogP contribution in [0.4, 0.5) is 11.5 Å². The van der Waals surface area contributed by atoms with E-state index in [2.05, 4.69) is 10.2 Å². The van der Waals surface area contributed by atoms with Crippen LogP contribution in [0.1, 0.15) is 10.4 Å². The van der Waals surface area contributed by atoms with Gasteiger partial charge in [0.15, 0.2) is 0 Å². The molecule has 1 aromatic heterocycles. The Labute approximate surface area is 103 Å². The number of H-pyrrole nitrogens is 1. The number of fused-ring (bicyclic) bond motifs is 1. The van der Waals surface area contributed by atoms with Crippen LogP contribution in [-0.4, -0.2) is 29.3 Å². The Hall–Kier alpha value is -2.50. The van der Waals surface area contributed by atoms with Crippen LogP contribution in [0.5, 0.6) is 5.75 Å². The van der Waals surface area contributed by atoms with Crippen LogP contribution in [0.3, 0.4) is 0 Å². The van der Waals surface area contributed by atoms with E-state index in [0.29, 0.717) is 24.5 Å². The summed E-state index contributed by atoms with van der Waals surface area (Å²) in [5.41, 5.74) is 6.81. The van der Waals surface area contributed by atoms with E-state index in [0.717, 1.165) is 5.69 Å².